The van der Waals surface area contributed by atoms with E-state index < -0.39 is 11.6 Å². The lowest BCUT2D eigenvalue weighted by molar-refractivity contribution is -0.117. The fourth-order valence-electron chi connectivity index (χ4n) is 2.35. The average Bonchev–Trinajstić information content (AvgIpc) is 2.46. The van der Waals surface area contributed by atoms with Crippen molar-refractivity contribution in [1.29, 1.82) is 0 Å². The Morgan fingerprint density at radius 2 is 1.81 bits per heavy atom. The van der Waals surface area contributed by atoms with Crippen LogP contribution < -0.4 is 10.2 Å². The van der Waals surface area contributed by atoms with Crippen molar-refractivity contribution >= 4 is 17.3 Å². The van der Waals surface area contributed by atoms with E-state index in [9.17, 15) is 13.6 Å². The Kier molecular flexibility index (Phi) is 3.33. The predicted octanol–water partition coefficient (Wildman–Crippen LogP) is 3.23. The normalized spacial score (nSPS) is 13.9. The molecule has 0 bridgehead atoms. The number of carbonyl (C=O) groups is 1. The highest BCUT2D eigenvalue weighted by molar-refractivity contribution is 6.02. The molecule has 0 spiro atoms. The zero-order valence-corrected chi connectivity index (χ0v) is 11.5. The quantitative estimate of drug-likeness (QED) is 0.920. The van der Waals surface area contributed by atoms with Crippen molar-refractivity contribution in [3.05, 3.63) is 59.2 Å². The van der Waals surface area contributed by atoms with Crippen molar-refractivity contribution in [1.82, 2.24) is 0 Å². The minimum atomic E-state index is -0.959. The molecule has 1 amide bonds. The number of aryl methyl sites for hydroxylation is 1. The summed E-state index contributed by atoms with van der Waals surface area (Å²) in [6, 6.07) is 9.89. The van der Waals surface area contributed by atoms with Crippen LogP contribution in [0.1, 0.15) is 11.1 Å². The number of hydrogen-bond donors (Lipinski definition) is 1. The van der Waals surface area contributed by atoms with Crippen LogP contribution in [0, 0.1) is 18.6 Å². The van der Waals surface area contributed by atoms with Gasteiger partial charge in [0, 0.05) is 12.1 Å². The maximum absolute atomic E-state index is 13.5. The van der Waals surface area contributed by atoms with Crippen LogP contribution in [0.4, 0.5) is 20.2 Å². The second-order valence-electron chi connectivity index (χ2n) is 5.10. The van der Waals surface area contributed by atoms with Gasteiger partial charge in [-0.15, -0.1) is 0 Å². The molecule has 1 N–H and O–H groups in total. The van der Waals surface area contributed by atoms with Crippen LogP contribution in [0.25, 0.3) is 0 Å². The Morgan fingerprint density at radius 1 is 1.14 bits per heavy atom. The van der Waals surface area contributed by atoms with Crippen molar-refractivity contribution in [2.45, 2.75) is 13.5 Å². The monoisotopic (exact) mass is 288 g/mol. The second-order valence-corrected chi connectivity index (χ2v) is 5.10. The lowest BCUT2D eigenvalue weighted by atomic mass is 10.1. The first kappa shape index (κ1) is 13.5. The molecule has 2 aromatic rings. The third kappa shape index (κ3) is 2.59. The summed E-state index contributed by atoms with van der Waals surface area (Å²) in [5, 5.41) is 2.81. The number of fused-ring (bicyclic) bond motifs is 1. The van der Waals surface area contributed by atoms with Gasteiger partial charge >= 0.3 is 0 Å². The zero-order valence-electron chi connectivity index (χ0n) is 11.5. The van der Waals surface area contributed by atoms with Crippen LogP contribution in [0.5, 0.6) is 0 Å². The number of rotatable bonds is 2. The molecular weight excluding hydrogens is 274 g/mol. The molecule has 0 aromatic heterocycles. The molecule has 3 nitrogen and oxygen atoms in total. The summed E-state index contributed by atoms with van der Waals surface area (Å²) in [6.07, 6.45) is 0. The van der Waals surface area contributed by atoms with Gasteiger partial charge in [-0.05, 0) is 12.5 Å². The molecule has 3 rings (SSSR count). The molecular formula is C16H14F2N2O. The van der Waals surface area contributed by atoms with Crippen molar-refractivity contribution in [2.75, 3.05) is 16.8 Å². The van der Waals surface area contributed by atoms with Gasteiger partial charge in [0.05, 0.1) is 24.5 Å². The first-order valence-electron chi connectivity index (χ1n) is 6.63. The standard InChI is InChI=1S/C16H14F2N2O/c1-10-2-4-11(5-3-10)9-20-15-7-13(18)12(17)6-14(15)19-8-16(20)21/h2-7,19H,8-9H2,1H3. The first-order chi connectivity index (χ1) is 10.0. The summed E-state index contributed by atoms with van der Waals surface area (Å²) >= 11 is 0. The summed E-state index contributed by atoms with van der Waals surface area (Å²) in [5.41, 5.74) is 2.86. The van der Waals surface area contributed by atoms with Crippen LogP contribution in [0.15, 0.2) is 36.4 Å². The van der Waals surface area contributed by atoms with Crippen LogP contribution in [0.2, 0.25) is 0 Å². The Balaban J connectivity index is 1.97. The highest BCUT2D eigenvalue weighted by Gasteiger charge is 2.25. The summed E-state index contributed by atoms with van der Waals surface area (Å²) in [5.74, 6) is -2.06. The van der Waals surface area contributed by atoms with Crippen LogP contribution in [-0.2, 0) is 11.3 Å². The Morgan fingerprint density at radius 3 is 2.52 bits per heavy atom. The Bertz CT molecular complexity index is 698. The molecule has 108 valence electrons. The molecule has 2 aromatic carbocycles. The van der Waals surface area contributed by atoms with Gasteiger partial charge in [0.2, 0.25) is 5.91 Å². The van der Waals surface area contributed by atoms with E-state index in [2.05, 4.69) is 5.32 Å². The van der Waals surface area contributed by atoms with Gasteiger partial charge in [0.1, 0.15) is 0 Å². The number of halogens is 2. The molecule has 0 saturated carbocycles. The largest absolute Gasteiger partial charge is 0.374 e. The van der Waals surface area contributed by atoms with Gasteiger partial charge in [-0.1, -0.05) is 29.8 Å². The molecule has 5 heteroatoms. The average molecular weight is 288 g/mol. The molecule has 1 aliphatic heterocycles. The van der Waals surface area contributed by atoms with E-state index in [-0.39, 0.29) is 12.5 Å². The Labute approximate surface area is 121 Å². The van der Waals surface area contributed by atoms with E-state index in [0.29, 0.717) is 17.9 Å². The van der Waals surface area contributed by atoms with E-state index in [1.807, 2.05) is 31.2 Å². The fraction of sp³-hybridized carbons (Fsp3) is 0.188. The van der Waals surface area contributed by atoms with Crippen LogP contribution >= 0.6 is 0 Å². The SMILES string of the molecule is Cc1ccc(CN2C(=O)CNc3cc(F)c(F)cc32)cc1. The van der Waals surface area contributed by atoms with Gasteiger partial charge in [0.15, 0.2) is 11.6 Å². The van der Waals surface area contributed by atoms with E-state index in [1.165, 1.54) is 4.90 Å². The van der Waals surface area contributed by atoms with Crippen molar-refractivity contribution in [2.24, 2.45) is 0 Å². The zero-order chi connectivity index (χ0) is 15.0. The summed E-state index contributed by atoms with van der Waals surface area (Å²) in [7, 11) is 0. The topological polar surface area (TPSA) is 32.3 Å². The number of carbonyl (C=O) groups excluding carboxylic acids is 1. The number of benzene rings is 2. The van der Waals surface area contributed by atoms with Gasteiger partial charge in [-0.2, -0.15) is 0 Å². The molecule has 1 heterocycles. The molecule has 0 saturated heterocycles. The molecule has 0 aliphatic carbocycles. The van der Waals surface area contributed by atoms with E-state index in [0.717, 1.165) is 23.3 Å². The molecule has 0 radical (unpaired) electrons. The lowest BCUT2D eigenvalue weighted by Gasteiger charge is -2.30. The van der Waals surface area contributed by atoms with Crippen LogP contribution in [-0.4, -0.2) is 12.5 Å². The summed E-state index contributed by atoms with van der Waals surface area (Å²) in [6.45, 7) is 2.38. The predicted molar refractivity (Wildman–Crippen MR) is 77.2 cm³/mol. The molecule has 0 unspecified atom stereocenters. The second kappa shape index (κ2) is 5.16. The summed E-state index contributed by atoms with van der Waals surface area (Å²) in [4.78, 5) is 13.5. The minimum absolute atomic E-state index is 0.0733. The van der Waals surface area contributed by atoms with Gasteiger partial charge in [0.25, 0.3) is 0 Å². The third-order valence-electron chi connectivity index (χ3n) is 3.52. The van der Waals surface area contributed by atoms with E-state index in [1.54, 1.807) is 0 Å². The van der Waals surface area contributed by atoms with E-state index >= 15 is 0 Å². The number of hydrogen-bond acceptors (Lipinski definition) is 2. The first-order valence-corrected chi connectivity index (χ1v) is 6.63. The minimum Gasteiger partial charge on any atom is -0.374 e. The van der Waals surface area contributed by atoms with Crippen LogP contribution in [0.3, 0.4) is 0 Å². The molecule has 0 fully saturated rings. The van der Waals surface area contributed by atoms with E-state index in [4.69, 9.17) is 0 Å². The number of amides is 1. The molecule has 21 heavy (non-hydrogen) atoms. The molecule has 1 aliphatic rings. The maximum Gasteiger partial charge on any atom is 0.246 e. The number of nitrogens with zero attached hydrogens (tertiary/aromatic N) is 1. The lowest BCUT2D eigenvalue weighted by Crippen LogP contribution is -2.39. The Hall–Kier alpha value is -2.43. The highest BCUT2D eigenvalue weighted by Crippen LogP contribution is 2.32. The third-order valence-corrected chi connectivity index (χ3v) is 3.52. The smallest absolute Gasteiger partial charge is 0.246 e. The maximum atomic E-state index is 13.5. The fourth-order valence-corrected chi connectivity index (χ4v) is 2.35. The number of nitrogens with one attached hydrogen (secondary N) is 1. The van der Waals surface area contributed by atoms with Crippen molar-refractivity contribution in [3.8, 4) is 0 Å². The molecule has 0 atom stereocenters. The van der Waals surface area contributed by atoms with Gasteiger partial charge in [-0.3, -0.25) is 4.79 Å². The highest BCUT2D eigenvalue weighted by atomic mass is 19.2. The van der Waals surface area contributed by atoms with Gasteiger partial charge in [-0.25, -0.2) is 8.78 Å². The van der Waals surface area contributed by atoms with Crippen molar-refractivity contribution < 1.29 is 13.6 Å². The number of anilines is 2. The van der Waals surface area contributed by atoms with Gasteiger partial charge < -0.3 is 10.2 Å². The van der Waals surface area contributed by atoms with Crippen molar-refractivity contribution in [3.63, 3.8) is 0 Å². The summed E-state index contributed by atoms with van der Waals surface area (Å²) < 4.78 is 26.7.